The first kappa shape index (κ1) is 14.2. The number of allylic oxidation sites excluding steroid dienone is 1. The van der Waals surface area contributed by atoms with E-state index in [0.717, 1.165) is 19.4 Å². The molecule has 1 amide bonds. The van der Waals surface area contributed by atoms with E-state index in [9.17, 15) is 4.79 Å². The lowest BCUT2D eigenvalue weighted by Gasteiger charge is -2.25. The fraction of sp³-hybridized carbons (Fsp3) is 0.750. The van der Waals surface area contributed by atoms with E-state index in [1.807, 2.05) is 27.0 Å². The molecule has 0 saturated heterocycles. The summed E-state index contributed by atoms with van der Waals surface area (Å²) in [7, 11) is 1.84. The molecule has 0 aliphatic rings. The van der Waals surface area contributed by atoms with E-state index >= 15 is 0 Å². The van der Waals surface area contributed by atoms with Crippen LogP contribution >= 0.6 is 0 Å². The van der Waals surface area contributed by atoms with Gasteiger partial charge in [0.15, 0.2) is 0 Å². The van der Waals surface area contributed by atoms with E-state index < -0.39 is 0 Å². The van der Waals surface area contributed by atoms with Crippen molar-refractivity contribution in [2.45, 2.75) is 26.7 Å². The summed E-state index contributed by atoms with van der Waals surface area (Å²) in [5.74, 6) is 0.430. The van der Waals surface area contributed by atoms with E-state index in [1.54, 1.807) is 4.90 Å². The number of hydrogen-bond acceptors (Lipinski definition) is 2. The molecule has 0 aliphatic heterocycles. The fourth-order valence-corrected chi connectivity index (χ4v) is 1.52. The lowest BCUT2D eigenvalue weighted by Crippen LogP contribution is -2.39. The van der Waals surface area contributed by atoms with Gasteiger partial charge < -0.3 is 10.6 Å². The quantitative estimate of drug-likeness (QED) is 0.515. The maximum atomic E-state index is 11.9. The molecule has 0 spiro atoms. The van der Waals surface area contributed by atoms with Crippen LogP contribution in [0.4, 0.5) is 0 Å². The molecule has 0 aromatic rings. The van der Waals surface area contributed by atoms with E-state index in [2.05, 4.69) is 6.58 Å². The Hall–Kier alpha value is -0.830. The highest BCUT2D eigenvalue weighted by atomic mass is 16.2. The Kier molecular flexibility index (Phi) is 7.05. The molecule has 1 atom stereocenters. The minimum absolute atomic E-state index is 0.0428. The largest absolute Gasteiger partial charge is 0.345 e. The van der Waals surface area contributed by atoms with Crippen LogP contribution in [0.3, 0.4) is 0 Å². The first-order valence-electron chi connectivity index (χ1n) is 5.60. The number of amides is 1. The summed E-state index contributed by atoms with van der Waals surface area (Å²) in [5, 5.41) is 0. The van der Waals surface area contributed by atoms with Gasteiger partial charge in [0.25, 0.3) is 0 Å². The highest BCUT2D eigenvalue weighted by Crippen LogP contribution is 2.12. The van der Waals surface area contributed by atoms with Crippen LogP contribution in [0.2, 0.25) is 0 Å². The molecule has 0 saturated carbocycles. The Labute approximate surface area is 93.3 Å². The van der Waals surface area contributed by atoms with Crippen molar-refractivity contribution in [3.63, 3.8) is 0 Å². The summed E-state index contributed by atoms with van der Waals surface area (Å²) in [5.41, 5.74) is 5.60. The van der Waals surface area contributed by atoms with Crippen molar-refractivity contribution >= 4 is 5.91 Å². The minimum Gasteiger partial charge on any atom is -0.345 e. The van der Waals surface area contributed by atoms with Crippen LogP contribution in [0.1, 0.15) is 26.7 Å². The second kappa shape index (κ2) is 7.46. The van der Waals surface area contributed by atoms with Crippen LogP contribution in [0, 0.1) is 11.8 Å². The Balaban J connectivity index is 4.10. The van der Waals surface area contributed by atoms with Crippen LogP contribution in [0.5, 0.6) is 0 Å². The molecule has 0 aliphatic carbocycles. The molecular weight excluding hydrogens is 188 g/mol. The first-order valence-corrected chi connectivity index (χ1v) is 5.60. The summed E-state index contributed by atoms with van der Waals surface area (Å²) in [6.07, 6.45) is 3.80. The average Bonchev–Trinajstić information content (AvgIpc) is 2.18. The van der Waals surface area contributed by atoms with Crippen molar-refractivity contribution in [2.75, 3.05) is 20.1 Å². The van der Waals surface area contributed by atoms with Gasteiger partial charge in [-0.3, -0.25) is 4.79 Å². The van der Waals surface area contributed by atoms with Gasteiger partial charge in [-0.2, -0.15) is 0 Å². The molecule has 2 N–H and O–H groups in total. The highest BCUT2D eigenvalue weighted by Gasteiger charge is 2.23. The van der Waals surface area contributed by atoms with Crippen molar-refractivity contribution in [2.24, 2.45) is 17.6 Å². The van der Waals surface area contributed by atoms with E-state index in [1.165, 1.54) is 0 Å². The van der Waals surface area contributed by atoms with Crippen molar-refractivity contribution in [1.82, 2.24) is 4.90 Å². The second-order valence-electron chi connectivity index (χ2n) is 4.28. The third-order valence-corrected chi connectivity index (χ3v) is 2.65. The number of rotatable bonds is 7. The zero-order valence-corrected chi connectivity index (χ0v) is 10.2. The minimum atomic E-state index is -0.0428. The Morgan fingerprint density at radius 1 is 1.53 bits per heavy atom. The van der Waals surface area contributed by atoms with E-state index in [4.69, 9.17) is 5.73 Å². The number of unbranched alkanes of at least 4 members (excludes halogenated alkanes) is 1. The van der Waals surface area contributed by atoms with Crippen LogP contribution in [0.25, 0.3) is 0 Å². The summed E-state index contributed by atoms with van der Waals surface area (Å²) >= 11 is 0. The van der Waals surface area contributed by atoms with Gasteiger partial charge in [-0.25, -0.2) is 0 Å². The predicted molar refractivity (Wildman–Crippen MR) is 64.5 cm³/mol. The molecule has 15 heavy (non-hydrogen) atoms. The fourth-order valence-electron chi connectivity index (χ4n) is 1.52. The zero-order valence-electron chi connectivity index (χ0n) is 10.2. The van der Waals surface area contributed by atoms with Gasteiger partial charge in [0.2, 0.25) is 5.91 Å². The summed E-state index contributed by atoms with van der Waals surface area (Å²) in [4.78, 5) is 13.7. The molecule has 3 heteroatoms. The number of carbonyl (C=O) groups excluding carboxylic acids is 1. The van der Waals surface area contributed by atoms with Crippen molar-refractivity contribution < 1.29 is 4.79 Å². The van der Waals surface area contributed by atoms with Gasteiger partial charge in [0, 0.05) is 20.1 Å². The van der Waals surface area contributed by atoms with Crippen molar-refractivity contribution in [3.8, 4) is 0 Å². The first-order chi connectivity index (χ1) is 7.04. The Morgan fingerprint density at radius 3 is 2.53 bits per heavy atom. The van der Waals surface area contributed by atoms with Crippen LogP contribution in [0.15, 0.2) is 12.7 Å². The lowest BCUT2D eigenvalue weighted by molar-refractivity contribution is -0.135. The molecule has 0 radical (unpaired) electrons. The monoisotopic (exact) mass is 212 g/mol. The Bertz CT molecular complexity index is 202. The van der Waals surface area contributed by atoms with Gasteiger partial charge >= 0.3 is 0 Å². The SMILES string of the molecule is C=CCCCN(C)C(=O)C(CN)C(C)C. The van der Waals surface area contributed by atoms with Crippen molar-refractivity contribution in [3.05, 3.63) is 12.7 Å². The Morgan fingerprint density at radius 2 is 2.13 bits per heavy atom. The van der Waals surface area contributed by atoms with Gasteiger partial charge in [0.05, 0.1) is 5.92 Å². The molecule has 0 aromatic heterocycles. The topological polar surface area (TPSA) is 46.3 Å². The molecule has 0 aromatic carbocycles. The standard InChI is InChI=1S/C12H24N2O/c1-5-6-7-8-14(4)12(15)11(9-13)10(2)3/h5,10-11H,1,6-9,13H2,2-4H3. The molecule has 3 nitrogen and oxygen atoms in total. The zero-order chi connectivity index (χ0) is 11.8. The third-order valence-electron chi connectivity index (χ3n) is 2.65. The molecule has 1 unspecified atom stereocenters. The molecule has 0 bridgehead atoms. The highest BCUT2D eigenvalue weighted by molar-refractivity contribution is 5.79. The van der Waals surface area contributed by atoms with Crippen molar-refractivity contribution in [1.29, 1.82) is 0 Å². The normalized spacial score (nSPS) is 12.6. The van der Waals surface area contributed by atoms with Crippen LogP contribution in [-0.2, 0) is 4.79 Å². The summed E-state index contributed by atoms with van der Waals surface area (Å²) in [6.45, 7) is 8.95. The van der Waals surface area contributed by atoms with E-state index in [0.29, 0.717) is 12.5 Å². The van der Waals surface area contributed by atoms with Crippen LogP contribution in [-0.4, -0.2) is 30.9 Å². The molecule has 0 heterocycles. The smallest absolute Gasteiger partial charge is 0.226 e. The van der Waals surface area contributed by atoms with Gasteiger partial charge in [-0.1, -0.05) is 19.9 Å². The van der Waals surface area contributed by atoms with Crippen LogP contribution < -0.4 is 5.73 Å². The summed E-state index contributed by atoms with van der Waals surface area (Å²) in [6, 6.07) is 0. The molecule has 0 fully saturated rings. The number of nitrogens with two attached hydrogens (primary N) is 1. The average molecular weight is 212 g/mol. The second-order valence-corrected chi connectivity index (χ2v) is 4.28. The van der Waals surface area contributed by atoms with Gasteiger partial charge in [-0.15, -0.1) is 6.58 Å². The number of nitrogens with zero attached hydrogens (tertiary/aromatic N) is 1. The number of carbonyl (C=O) groups is 1. The maximum absolute atomic E-state index is 11.9. The predicted octanol–water partition coefficient (Wildman–Crippen LogP) is 1.64. The van der Waals surface area contributed by atoms with Gasteiger partial charge in [0.1, 0.15) is 0 Å². The third kappa shape index (κ3) is 4.98. The van der Waals surface area contributed by atoms with E-state index in [-0.39, 0.29) is 11.8 Å². The molecule has 0 rings (SSSR count). The number of hydrogen-bond donors (Lipinski definition) is 1. The molecular formula is C12H24N2O. The maximum Gasteiger partial charge on any atom is 0.226 e. The van der Waals surface area contributed by atoms with Gasteiger partial charge in [-0.05, 0) is 18.8 Å². The lowest BCUT2D eigenvalue weighted by atomic mass is 9.94. The summed E-state index contributed by atoms with van der Waals surface area (Å²) < 4.78 is 0. The molecule has 88 valence electrons.